The Morgan fingerprint density at radius 2 is 1.60 bits per heavy atom. The molecular weight excluding hydrogens is 310 g/mol. The first-order valence-electron chi connectivity index (χ1n) is 8.20. The van der Waals surface area contributed by atoms with Crippen molar-refractivity contribution in [2.75, 3.05) is 13.1 Å². The maximum Gasteiger partial charge on any atom is 0.338 e. The zero-order chi connectivity index (χ0) is 17.6. The summed E-state index contributed by atoms with van der Waals surface area (Å²) in [5.41, 5.74) is 2.70. The third-order valence-electron chi connectivity index (χ3n) is 4.43. The summed E-state index contributed by atoms with van der Waals surface area (Å²) < 4.78 is 5.79. The molecule has 124 valence electrons. The van der Waals surface area contributed by atoms with Crippen molar-refractivity contribution in [2.45, 2.75) is 18.6 Å². The molecule has 0 saturated heterocycles. The largest absolute Gasteiger partial charge is 0.454 e. The van der Waals surface area contributed by atoms with Gasteiger partial charge >= 0.3 is 5.97 Å². The van der Waals surface area contributed by atoms with E-state index in [1.165, 1.54) is 0 Å². The van der Waals surface area contributed by atoms with Crippen molar-refractivity contribution in [3.8, 4) is 24.7 Å². The maximum absolute atomic E-state index is 12.4. The Hall–Kier alpha value is -3.01. The molecule has 0 fully saturated rings. The van der Waals surface area contributed by atoms with Crippen LogP contribution in [-0.2, 0) is 4.74 Å². The molecule has 2 atom stereocenters. The fraction of sp³-hybridized carbons (Fsp3) is 0.227. The van der Waals surface area contributed by atoms with Crippen LogP contribution in [-0.4, -0.2) is 24.0 Å². The molecule has 0 spiro atoms. The molecule has 0 aromatic heterocycles. The van der Waals surface area contributed by atoms with Gasteiger partial charge in [0.2, 0.25) is 0 Å². The zero-order valence-electron chi connectivity index (χ0n) is 13.9. The molecule has 3 nitrogen and oxygen atoms in total. The number of rotatable bonds is 5. The lowest BCUT2D eigenvalue weighted by molar-refractivity contribution is 0.0256. The summed E-state index contributed by atoms with van der Waals surface area (Å²) in [5, 5.41) is 0. The van der Waals surface area contributed by atoms with Crippen molar-refractivity contribution in [2.24, 2.45) is 0 Å². The molecule has 2 aromatic rings. The Morgan fingerprint density at radius 1 is 1.00 bits per heavy atom. The lowest BCUT2D eigenvalue weighted by Gasteiger charge is -2.25. The van der Waals surface area contributed by atoms with E-state index >= 15 is 0 Å². The maximum atomic E-state index is 12.4. The molecule has 0 radical (unpaired) electrons. The van der Waals surface area contributed by atoms with Gasteiger partial charge in [-0.05, 0) is 23.3 Å². The zero-order valence-corrected chi connectivity index (χ0v) is 13.9. The van der Waals surface area contributed by atoms with Crippen LogP contribution in [0.5, 0.6) is 0 Å². The van der Waals surface area contributed by atoms with E-state index in [2.05, 4.69) is 22.8 Å². The van der Waals surface area contributed by atoms with E-state index in [0.29, 0.717) is 25.1 Å². The van der Waals surface area contributed by atoms with Crippen molar-refractivity contribution in [3.05, 3.63) is 71.3 Å². The SMILES string of the molecule is C#CCN(CC#C)[C@@H]1C[C@H](OC(=O)c2ccccc2)c2ccccc21. The number of esters is 1. The van der Waals surface area contributed by atoms with Gasteiger partial charge in [0, 0.05) is 12.5 Å². The van der Waals surface area contributed by atoms with Crippen LogP contribution in [0, 0.1) is 24.7 Å². The van der Waals surface area contributed by atoms with Crippen LogP contribution in [0.3, 0.4) is 0 Å². The van der Waals surface area contributed by atoms with Crippen LogP contribution in [0.15, 0.2) is 54.6 Å². The number of fused-ring (bicyclic) bond motifs is 1. The van der Waals surface area contributed by atoms with E-state index < -0.39 is 0 Å². The highest BCUT2D eigenvalue weighted by molar-refractivity contribution is 5.89. The van der Waals surface area contributed by atoms with E-state index in [1.54, 1.807) is 12.1 Å². The van der Waals surface area contributed by atoms with Gasteiger partial charge in [-0.1, -0.05) is 54.3 Å². The van der Waals surface area contributed by atoms with Crippen LogP contribution < -0.4 is 0 Å². The number of carbonyl (C=O) groups excluding carboxylic acids is 1. The average Bonchev–Trinajstić information content (AvgIpc) is 3.01. The molecule has 0 heterocycles. The number of hydrogen-bond acceptors (Lipinski definition) is 3. The van der Waals surface area contributed by atoms with E-state index in [1.807, 2.05) is 36.4 Å². The van der Waals surface area contributed by atoms with Crippen molar-refractivity contribution in [1.82, 2.24) is 4.90 Å². The van der Waals surface area contributed by atoms with Gasteiger partial charge in [-0.2, -0.15) is 0 Å². The Kier molecular flexibility index (Phi) is 5.19. The normalized spacial score (nSPS) is 18.2. The number of nitrogens with zero attached hydrogens (tertiary/aromatic N) is 1. The average molecular weight is 329 g/mol. The van der Waals surface area contributed by atoms with E-state index in [4.69, 9.17) is 17.6 Å². The van der Waals surface area contributed by atoms with Gasteiger partial charge in [0.25, 0.3) is 0 Å². The fourth-order valence-electron chi connectivity index (χ4n) is 3.30. The summed E-state index contributed by atoms with van der Waals surface area (Å²) in [5.74, 6) is 5.01. The van der Waals surface area contributed by atoms with E-state index in [9.17, 15) is 4.79 Å². The number of benzene rings is 2. The van der Waals surface area contributed by atoms with Crippen molar-refractivity contribution in [1.29, 1.82) is 0 Å². The molecule has 0 aliphatic heterocycles. The molecular formula is C22H19NO2. The number of ether oxygens (including phenoxy) is 1. The Bertz CT molecular complexity index is 813. The molecule has 0 unspecified atom stereocenters. The molecule has 1 aliphatic carbocycles. The Morgan fingerprint density at radius 3 is 2.24 bits per heavy atom. The van der Waals surface area contributed by atoms with Gasteiger partial charge in [-0.15, -0.1) is 12.8 Å². The monoisotopic (exact) mass is 329 g/mol. The van der Waals surface area contributed by atoms with Crippen LogP contribution in [0.25, 0.3) is 0 Å². The van der Waals surface area contributed by atoms with Crippen LogP contribution >= 0.6 is 0 Å². The summed E-state index contributed by atoms with van der Waals surface area (Å²) in [6.07, 6.45) is 11.3. The molecule has 1 aliphatic rings. The number of terminal acetylenes is 2. The summed E-state index contributed by atoms with van der Waals surface area (Å²) in [6, 6.07) is 17.1. The highest BCUT2D eigenvalue weighted by Gasteiger charge is 2.36. The molecule has 0 N–H and O–H groups in total. The van der Waals surface area contributed by atoms with Crippen LogP contribution in [0.1, 0.15) is 40.1 Å². The lowest BCUT2D eigenvalue weighted by atomic mass is 10.1. The standard InChI is InChI=1S/C22H19NO2/c1-3-14-23(15-4-2)20-16-21(19-13-9-8-12-18(19)20)25-22(24)17-10-6-5-7-11-17/h1-2,5-13,20-21H,14-16H2/t20-,21+/m1/s1. The summed E-state index contributed by atoms with van der Waals surface area (Å²) in [7, 11) is 0. The molecule has 2 aromatic carbocycles. The van der Waals surface area contributed by atoms with Crippen LogP contribution in [0.2, 0.25) is 0 Å². The predicted molar refractivity (Wildman–Crippen MR) is 97.6 cm³/mol. The van der Waals surface area contributed by atoms with Gasteiger partial charge in [-0.25, -0.2) is 4.79 Å². The second kappa shape index (κ2) is 7.71. The second-order valence-electron chi connectivity index (χ2n) is 5.95. The highest BCUT2D eigenvalue weighted by Crippen LogP contribution is 2.44. The molecule has 3 heteroatoms. The molecule has 0 amide bonds. The highest BCUT2D eigenvalue weighted by atomic mass is 16.5. The third kappa shape index (κ3) is 3.58. The van der Waals surface area contributed by atoms with Gasteiger partial charge in [0.05, 0.1) is 18.7 Å². The quantitative estimate of drug-likeness (QED) is 0.620. The second-order valence-corrected chi connectivity index (χ2v) is 5.95. The number of carbonyl (C=O) groups is 1. The molecule has 3 rings (SSSR count). The minimum Gasteiger partial charge on any atom is -0.454 e. The lowest BCUT2D eigenvalue weighted by Crippen LogP contribution is -2.28. The first-order chi connectivity index (χ1) is 12.2. The van der Waals surface area contributed by atoms with Gasteiger partial charge < -0.3 is 4.74 Å². The van der Waals surface area contributed by atoms with Crippen molar-refractivity contribution < 1.29 is 9.53 Å². The topological polar surface area (TPSA) is 29.5 Å². The van der Waals surface area contributed by atoms with Gasteiger partial charge in [0.1, 0.15) is 6.10 Å². The summed E-state index contributed by atoms with van der Waals surface area (Å²) in [4.78, 5) is 14.5. The van der Waals surface area contributed by atoms with Crippen molar-refractivity contribution >= 4 is 5.97 Å². The van der Waals surface area contributed by atoms with Crippen LogP contribution in [0.4, 0.5) is 0 Å². The van der Waals surface area contributed by atoms with E-state index in [-0.39, 0.29) is 18.1 Å². The summed E-state index contributed by atoms with van der Waals surface area (Å²) >= 11 is 0. The Labute approximate surface area is 148 Å². The third-order valence-corrected chi connectivity index (χ3v) is 4.43. The minimum absolute atomic E-state index is 0.0527. The Balaban J connectivity index is 1.84. The first-order valence-corrected chi connectivity index (χ1v) is 8.20. The van der Waals surface area contributed by atoms with E-state index in [0.717, 1.165) is 11.1 Å². The van der Waals surface area contributed by atoms with Gasteiger partial charge in [0.15, 0.2) is 0 Å². The smallest absolute Gasteiger partial charge is 0.338 e. The van der Waals surface area contributed by atoms with Crippen molar-refractivity contribution in [3.63, 3.8) is 0 Å². The predicted octanol–water partition coefficient (Wildman–Crippen LogP) is 3.60. The number of hydrogen-bond donors (Lipinski definition) is 0. The molecule has 0 saturated carbocycles. The fourth-order valence-corrected chi connectivity index (χ4v) is 3.30. The first kappa shape index (κ1) is 16.8. The summed E-state index contributed by atoms with van der Waals surface area (Å²) in [6.45, 7) is 0.922. The van der Waals surface area contributed by atoms with Gasteiger partial charge in [-0.3, -0.25) is 4.90 Å². The molecule has 0 bridgehead atoms. The molecule has 25 heavy (non-hydrogen) atoms. The minimum atomic E-state index is -0.318.